The Kier molecular flexibility index (Phi) is 5.23. The van der Waals surface area contributed by atoms with Crippen molar-refractivity contribution in [1.82, 2.24) is 14.7 Å². The van der Waals surface area contributed by atoms with Crippen molar-refractivity contribution in [3.63, 3.8) is 0 Å². The van der Waals surface area contributed by atoms with E-state index in [1.54, 1.807) is 0 Å². The van der Waals surface area contributed by atoms with E-state index < -0.39 is 0 Å². The van der Waals surface area contributed by atoms with Gasteiger partial charge in [-0.3, -0.25) is 4.79 Å². The highest BCUT2D eigenvalue weighted by Gasteiger charge is 2.29. The lowest BCUT2D eigenvalue weighted by Crippen LogP contribution is -3.12. The molecule has 0 aliphatic carbocycles. The lowest BCUT2D eigenvalue weighted by atomic mass is 10.1. The van der Waals surface area contributed by atoms with Gasteiger partial charge in [0.05, 0.1) is 55.9 Å². The zero-order chi connectivity index (χ0) is 18.0. The van der Waals surface area contributed by atoms with E-state index in [1.807, 2.05) is 21.7 Å². The van der Waals surface area contributed by atoms with Gasteiger partial charge in [0.1, 0.15) is 0 Å². The lowest BCUT2D eigenvalue weighted by molar-refractivity contribution is -0.883. The summed E-state index contributed by atoms with van der Waals surface area (Å²) in [7, 11) is 2.19. The number of benzene rings is 1. The number of piperazine rings is 1. The minimum Gasteiger partial charge on any atom is -0.334 e. The maximum atomic E-state index is 13.3. The Morgan fingerprint density at radius 1 is 1.16 bits per heavy atom. The maximum Gasteiger partial charge on any atom is 0.258 e. The van der Waals surface area contributed by atoms with Gasteiger partial charge in [0, 0.05) is 0 Å². The zero-order valence-corrected chi connectivity index (χ0v) is 15.8. The summed E-state index contributed by atoms with van der Waals surface area (Å²) in [5, 5.41) is 4.83. The normalized spacial score (nSPS) is 15.6. The minimum atomic E-state index is 0.154. The van der Waals surface area contributed by atoms with Crippen molar-refractivity contribution >= 4 is 5.91 Å². The molecule has 1 amide bonds. The lowest BCUT2D eigenvalue weighted by Gasteiger charge is -2.30. The number of carbonyl (C=O) groups excluding carboxylic acids is 1. The predicted molar refractivity (Wildman–Crippen MR) is 99.6 cm³/mol. The van der Waals surface area contributed by atoms with Crippen LogP contribution in [0.2, 0.25) is 0 Å². The molecule has 5 nitrogen and oxygen atoms in total. The third-order valence-electron chi connectivity index (χ3n) is 5.19. The summed E-state index contributed by atoms with van der Waals surface area (Å²) >= 11 is 0. The summed E-state index contributed by atoms with van der Waals surface area (Å²) in [5.41, 5.74) is 5.01. The molecule has 0 atom stereocenters. The second-order valence-corrected chi connectivity index (χ2v) is 6.92. The Morgan fingerprint density at radius 2 is 1.84 bits per heavy atom. The van der Waals surface area contributed by atoms with E-state index in [2.05, 4.69) is 40.0 Å². The van der Waals surface area contributed by atoms with Gasteiger partial charge < -0.3 is 9.80 Å². The van der Waals surface area contributed by atoms with Gasteiger partial charge in [-0.2, -0.15) is 5.10 Å². The molecule has 1 aromatic heterocycles. The quantitative estimate of drug-likeness (QED) is 0.910. The van der Waals surface area contributed by atoms with Gasteiger partial charge in [0.2, 0.25) is 0 Å². The Labute approximate surface area is 150 Å². The molecule has 3 rings (SSSR count). The highest BCUT2D eigenvalue weighted by atomic mass is 16.2. The van der Waals surface area contributed by atoms with Crippen LogP contribution in [0.4, 0.5) is 0 Å². The van der Waals surface area contributed by atoms with Gasteiger partial charge >= 0.3 is 0 Å². The smallest absolute Gasteiger partial charge is 0.258 e. The minimum absolute atomic E-state index is 0.154. The first-order valence-corrected chi connectivity index (χ1v) is 9.34. The second-order valence-electron chi connectivity index (χ2n) is 6.92. The van der Waals surface area contributed by atoms with Gasteiger partial charge in [-0.1, -0.05) is 32.0 Å². The van der Waals surface area contributed by atoms with Crippen molar-refractivity contribution < 1.29 is 9.69 Å². The number of carbonyl (C=O) groups is 1. The van der Waals surface area contributed by atoms with Gasteiger partial charge in [-0.25, -0.2) is 4.68 Å². The maximum absolute atomic E-state index is 13.3. The van der Waals surface area contributed by atoms with Crippen LogP contribution in [0.25, 0.3) is 5.69 Å². The number of para-hydroxylation sites is 1. The van der Waals surface area contributed by atoms with Crippen LogP contribution in [0.15, 0.2) is 24.3 Å². The highest BCUT2D eigenvalue weighted by Crippen LogP contribution is 2.24. The van der Waals surface area contributed by atoms with Gasteiger partial charge in [-0.05, 0) is 31.4 Å². The number of nitrogens with zero attached hydrogens (tertiary/aromatic N) is 3. The van der Waals surface area contributed by atoms with E-state index in [0.29, 0.717) is 0 Å². The molecule has 1 aromatic carbocycles. The highest BCUT2D eigenvalue weighted by molar-refractivity contribution is 5.96. The predicted octanol–water partition coefficient (Wildman–Crippen LogP) is 1.28. The number of quaternary nitrogens is 1. The van der Waals surface area contributed by atoms with Gasteiger partial charge in [0.25, 0.3) is 5.91 Å². The number of aryl methyl sites for hydroxylation is 2. The van der Waals surface area contributed by atoms with E-state index in [4.69, 9.17) is 5.10 Å². The third-order valence-corrected chi connectivity index (χ3v) is 5.19. The molecule has 2 aromatic rings. The van der Waals surface area contributed by atoms with E-state index >= 15 is 0 Å². The monoisotopic (exact) mass is 341 g/mol. The fourth-order valence-electron chi connectivity index (χ4n) is 3.57. The first kappa shape index (κ1) is 17.7. The molecular weight excluding hydrogens is 312 g/mol. The number of nitrogens with one attached hydrogen (secondary N) is 1. The summed E-state index contributed by atoms with van der Waals surface area (Å²) < 4.78 is 1.99. The van der Waals surface area contributed by atoms with Crippen molar-refractivity contribution in [2.75, 3.05) is 33.2 Å². The summed E-state index contributed by atoms with van der Waals surface area (Å²) in [5.74, 6) is 0.154. The number of likely N-dealkylation sites (N-methyl/N-ethyl adjacent to an activating group) is 1. The molecular formula is C20H29N4O+. The van der Waals surface area contributed by atoms with Crippen LogP contribution in [-0.4, -0.2) is 53.8 Å². The zero-order valence-electron chi connectivity index (χ0n) is 15.8. The van der Waals surface area contributed by atoms with Crippen LogP contribution in [-0.2, 0) is 12.8 Å². The molecule has 0 saturated carbocycles. The largest absolute Gasteiger partial charge is 0.334 e. The number of rotatable bonds is 4. The fraction of sp³-hybridized carbons (Fsp3) is 0.500. The SMILES string of the molecule is CCc1nn(-c2ccccc2C)c(CC)c1C(=O)N1CC[NH+](C)CC1. The van der Waals surface area contributed by atoms with Crippen molar-refractivity contribution in [2.45, 2.75) is 33.6 Å². The molecule has 0 radical (unpaired) electrons. The molecule has 1 aliphatic heterocycles. The van der Waals surface area contributed by atoms with Crippen LogP contribution in [0.1, 0.15) is 41.2 Å². The second kappa shape index (κ2) is 7.40. The van der Waals surface area contributed by atoms with Crippen LogP contribution >= 0.6 is 0 Å². The summed E-state index contributed by atoms with van der Waals surface area (Å²) in [6, 6.07) is 8.23. The first-order chi connectivity index (χ1) is 12.1. The Morgan fingerprint density at radius 3 is 2.44 bits per heavy atom. The van der Waals surface area contributed by atoms with Crippen molar-refractivity contribution in [3.8, 4) is 5.69 Å². The third kappa shape index (κ3) is 3.33. The molecule has 1 fully saturated rings. The topological polar surface area (TPSA) is 42.6 Å². The number of hydrogen-bond donors (Lipinski definition) is 1. The van der Waals surface area contributed by atoms with E-state index in [-0.39, 0.29) is 5.91 Å². The fourth-order valence-corrected chi connectivity index (χ4v) is 3.57. The molecule has 0 unspecified atom stereocenters. The van der Waals surface area contributed by atoms with E-state index in [9.17, 15) is 4.79 Å². The summed E-state index contributed by atoms with van der Waals surface area (Å²) in [6.07, 6.45) is 1.56. The Balaban J connectivity index is 2.04. The average Bonchev–Trinajstić information content (AvgIpc) is 3.00. The van der Waals surface area contributed by atoms with E-state index in [0.717, 1.165) is 61.7 Å². The summed E-state index contributed by atoms with van der Waals surface area (Å²) in [4.78, 5) is 16.8. The number of hydrogen-bond acceptors (Lipinski definition) is 2. The Hall–Kier alpha value is -2.14. The molecule has 0 bridgehead atoms. The molecule has 25 heavy (non-hydrogen) atoms. The van der Waals surface area contributed by atoms with Crippen LogP contribution in [0.5, 0.6) is 0 Å². The molecule has 0 spiro atoms. The van der Waals surface area contributed by atoms with Gasteiger partial charge in [0.15, 0.2) is 0 Å². The summed E-state index contributed by atoms with van der Waals surface area (Å²) in [6.45, 7) is 9.96. The van der Waals surface area contributed by atoms with Crippen molar-refractivity contribution in [3.05, 3.63) is 46.8 Å². The molecule has 5 heteroatoms. The molecule has 134 valence electrons. The Bertz CT molecular complexity index is 757. The molecule has 1 N–H and O–H groups in total. The van der Waals surface area contributed by atoms with Crippen LogP contribution in [0.3, 0.4) is 0 Å². The number of amides is 1. The van der Waals surface area contributed by atoms with Gasteiger partial charge in [-0.15, -0.1) is 0 Å². The number of aromatic nitrogens is 2. The van der Waals surface area contributed by atoms with Crippen LogP contribution in [0, 0.1) is 6.92 Å². The first-order valence-electron chi connectivity index (χ1n) is 9.34. The molecule has 2 heterocycles. The van der Waals surface area contributed by atoms with Crippen LogP contribution < -0.4 is 4.90 Å². The average molecular weight is 341 g/mol. The van der Waals surface area contributed by atoms with Crippen molar-refractivity contribution in [1.29, 1.82) is 0 Å². The van der Waals surface area contributed by atoms with E-state index in [1.165, 1.54) is 10.5 Å². The van der Waals surface area contributed by atoms with Crippen molar-refractivity contribution in [2.24, 2.45) is 0 Å². The standard InChI is InChI=1S/C20H28N4O/c1-5-16-19(20(25)23-13-11-22(4)12-14-23)17(6-2)24(21-16)18-10-8-7-9-15(18)3/h7-10H,5-6,11-14H2,1-4H3/p+1. The molecule has 1 saturated heterocycles. The molecule has 1 aliphatic rings.